The number of hydrogen-bond acceptors (Lipinski definition) is 3. The first-order valence-electron chi connectivity index (χ1n) is 8.12. The van der Waals surface area contributed by atoms with Gasteiger partial charge in [-0.15, -0.1) is 0 Å². The molecule has 0 aromatic heterocycles. The van der Waals surface area contributed by atoms with Gasteiger partial charge in [-0.3, -0.25) is 0 Å². The SMILES string of the molecule is COc1cc(C)c([C@@H](C)NS(=O)(=O)c2ccc(Br)cc2)cc1C(C)C. The van der Waals surface area contributed by atoms with E-state index in [0.29, 0.717) is 0 Å². The highest BCUT2D eigenvalue weighted by molar-refractivity contribution is 9.10. The lowest BCUT2D eigenvalue weighted by Gasteiger charge is -2.21. The van der Waals surface area contributed by atoms with Gasteiger partial charge in [-0.05, 0) is 72.9 Å². The van der Waals surface area contributed by atoms with Gasteiger partial charge in [-0.2, -0.15) is 0 Å². The zero-order valence-corrected chi connectivity index (χ0v) is 17.5. The summed E-state index contributed by atoms with van der Waals surface area (Å²) in [6.45, 7) is 8.00. The number of hydrogen-bond donors (Lipinski definition) is 1. The topological polar surface area (TPSA) is 55.4 Å². The lowest BCUT2D eigenvalue weighted by atomic mass is 9.94. The Morgan fingerprint density at radius 1 is 1.04 bits per heavy atom. The lowest BCUT2D eigenvalue weighted by molar-refractivity contribution is 0.406. The van der Waals surface area contributed by atoms with E-state index in [0.717, 1.165) is 26.9 Å². The highest BCUT2D eigenvalue weighted by Crippen LogP contribution is 2.32. The summed E-state index contributed by atoms with van der Waals surface area (Å²) in [5, 5.41) is 0. The molecule has 0 heterocycles. The zero-order valence-electron chi connectivity index (χ0n) is 15.1. The molecule has 2 rings (SSSR count). The van der Waals surface area contributed by atoms with Crippen molar-refractivity contribution in [2.75, 3.05) is 7.11 Å². The molecule has 0 fully saturated rings. The van der Waals surface area contributed by atoms with Crippen LogP contribution in [0.1, 0.15) is 49.4 Å². The van der Waals surface area contributed by atoms with Crippen LogP contribution in [0.4, 0.5) is 0 Å². The monoisotopic (exact) mass is 425 g/mol. The van der Waals surface area contributed by atoms with Crippen molar-refractivity contribution >= 4 is 26.0 Å². The van der Waals surface area contributed by atoms with Crippen molar-refractivity contribution in [2.24, 2.45) is 0 Å². The second-order valence-corrected chi connectivity index (χ2v) is 9.03. The summed E-state index contributed by atoms with van der Waals surface area (Å²) in [7, 11) is -1.94. The Kier molecular flexibility index (Phi) is 6.30. The molecule has 0 amide bonds. The molecule has 4 nitrogen and oxygen atoms in total. The first-order chi connectivity index (χ1) is 11.7. The molecule has 0 bridgehead atoms. The van der Waals surface area contributed by atoms with E-state index in [1.54, 1.807) is 31.4 Å². The van der Waals surface area contributed by atoms with Gasteiger partial charge in [0.1, 0.15) is 5.75 Å². The number of rotatable bonds is 6. The standard InChI is InChI=1S/C19H24BrNO3S/c1-12(2)17-11-18(13(3)10-19(17)24-5)14(4)21-25(22,23)16-8-6-15(20)7-9-16/h6-12,14,21H,1-5H3/t14-/m1/s1. The summed E-state index contributed by atoms with van der Waals surface area (Å²) < 4.78 is 34.3. The van der Waals surface area contributed by atoms with Crippen molar-refractivity contribution in [1.29, 1.82) is 0 Å². The molecule has 136 valence electrons. The molecular weight excluding hydrogens is 402 g/mol. The van der Waals surface area contributed by atoms with E-state index in [4.69, 9.17) is 4.74 Å². The van der Waals surface area contributed by atoms with Gasteiger partial charge in [0.25, 0.3) is 0 Å². The fraction of sp³-hybridized carbons (Fsp3) is 0.368. The number of methoxy groups -OCH3 is 1. The van der Waals surface area contributed by atoms with Crippen molar-refractivity contribution in [2.45, 2.75) is 44.6 Å². The average Bonchev–Trinajstić information content (AvgIpc) is 2.53. The molecule has 0 aliphatic rings. The van der Waals surface area contributed by atoms with Crippen molar-refractivity contribution < 1.29 is 13.2 Å². The molecule has 25 heavy (non-hydrogen) atoms. The summed E-state index contributed by atoms with van der Waals surface area (Å²) in [6, 6.07) is 10.3. The van der Waals surface area contributed by atoms with Crippen LogP contribution in [-0.2, 0) is 10.0 Å². The van der Waals surface area contributed by atoms with Gasteiger partial charge in [0, 0.05) is 10.5 Å². The largest absolute Gasteiger partial charge is 0.496 e. The van der Waals surface area contributed by atoms with Crippen molar-refractivity contribution in [3.63, 3.8) is 0 Å². The molecule has 0 saturated heterocycles. The predicted molar refractivity (Wildman–Crippen MR) is 105 cm³/mol. The Hall–Kier alpha value is -1.37. The number of benzene rings is 2. The molecule has 0 radical (unpaired) electrons. The minimum Gasteiger partial charge on any atom is -0.496 e. The van der Waals surface area contributed by atoms with E-state index in [1.165, 1.54) is 0 Å². The quantitative estimate of drug-likeness (QED) is 0.713. The smallest absolute Gasteiger partial charge is 0.241 e. The van der Waals surface area contributed by atoms with Crippen LogP contribution in [0.2, 0.25) is 0 Å². The van der Waals surface area contributed by atoms with E-state index in [-0.39, 0.29) is 16.9 Å². The maximum absolute atomic E-state index is 12.6. The second-order valence-electron chi connectivity index (χ2n) is 6.40. The van der Waals surface area contributed by atoms with Crippen LogP contribution < -0.4 is 9.46 Å². The van der Waals surface area contributed by atoms with Crippen molar-refractivity contribution in [1.82, 2.24) is 4.72 Å². The molecular formula is C19H24BrNO3S. The number of halogens is 1. The average molecular weight is 426 g/mol. The minimum absolute atomic E-state index is 0.248. The van der Waals surface area contributed by atoms with Gasteiger partial charge in [-0.25, -0.2) is 13.1 Å². The Morgan fingerprint density at radius 2 is 1.64 bits per heavy atom. The van der Waals surface area contributed by atoms with Crippen LogP contribution in [-0.4, -0.2) is 15.5 Å². The molecule has 1 N–H and O–H groups in total. The highest BCUT2D eigenvalue weighted by atomic mass is 79.9. The van der Waals surface area contributed by atoms with Gasteiger partial charge < -0.3 is 4.74 Å². The first kappa shape index (κ1) is 19.9. The molecule has 2 aromatic carbocycles. The molecule has 0 aliphatic heterocycles. The van der Waals surface area contributed by atoms with E-state index >= 15 is 0 Å². The Balaban J connectivity index is 2.35. The van der Waals surface area contributed by atoms with Crippen LogP contribution >= 0.6 is 15.9 Å². The Bertz CT molecular complexity index is 846. The van der Waals surface area contributed by atoms with E-state index < -0.39 is 10.0 Å². The fourth-order valence-corrected chi connectivity index (χ4v) is 4.28. The minimum atomic E-state index is -3.59. The molecule has 1 atom stereocenters. The molecule has 0 aliphatic carbocycles. The summed E-state index contributed by atoms with van der Waals surface area (Å²) in [4.78, 5) is 0.248. The Labute approximate surface area is 158 Å². The normalized spacial score (nSPS) is 13.1. The third kappa shape index (κ3) is 4.63. The highest BCUT2D eigenvalue weighted by Gasteiger charge is 2.21. The maximum atomic E-state index is 12.6. The lowest BCUT2D eigenvalue weighted by Crippen LogP contribution is -2.27. The van der Waals surface area contributed by atoms with Crippen LogP contribution in [0.3, 0.4) is 0 Å². The molecule has 0 saturated carbocycles. The molecule has 2 aromatic rings. The Morgan fingerprint density at radius 3 is 2.16 bits per heavy atom. The van der Waals surface area contributed by atoms with Gasteiger partial charge in [0.05, 0.1) is 12.0 Å². The van der Waals surface area contributed by atoms with Crippen LogP contribution in [0.5, 0.6) is 5.75 Å². The van der Waals surface area contributed by atoms with Gasteiger partial charge in [0.15, 0.2) is 0 Å². The van der Waals surface area contributed by atoms with Gasteiger partial charge in [0.2, 0.25) is 10.0 Å². The summed E-state index contributed by atoms with van der Waals surface area (Å²) in [6.07, 6.45) is 0. The number of aryl methyl sites for hydroxylation is 1. The molecule has 0 spiro atoms. The summed E-state index contributed by atoms with van der Waals surface area (Å²) in [5.74, 6) is 1.11. The van der Waals surface area contributed by atoms with Crippen LogP contribution in [0.15, 0.2) is 45.8 Å². The summed E-state index contributed by atoms with van der Waals surface area (Å²) in [5.41, 5.74) is 3.01. The van der Waals surface area contributed by atoms with Crippen molar-refractivity contribution in [3.8, 4) is 5.75 Å². The zero-order chi connectivity index (χ0) is 18.8. The third-order valence-electron chi connectivity index (χ3n) is 4.16. The first-order valence-corrected chi connectivity index (χ1v) is 10.4. The fourth-order valence-electron chi connectivity index (χ4n) is 2.79. The van der Waals surface area contributed by atoms with E-state index in [9.17, 15) is 8.42 Å². The van der Waals surface area contributed by atoms with E-state index in [2.05, 4.69) is 34.5 Å². The number of ether oxygens (including phenoxy) is 1. The maximum Gasteiger partial charge on any atom is 0.241 e. The van der Waals surface area contributed by atoms with Gasteiger partial charge >= 0.3 is 0 Å². The number of sulfonamides is 1. The number of nitrogens with one attached hydrogen (secondary N) is 1. The van der Waals surface area contributed by atoms with Gasteiger partial charge in [-0.1, -0.05) is 29.8 Å². The third-order valence-corrected chi connectivity index (χ3v) is 6.25. The molecule has 6 heteroatoms. The van der Waals surface area contributed by atoms with Crippen LogP contribution in [0.25, 0.3) is 0 Å². The predicted octanol–water partition coefficient (Wildman–Crippen LogP) is 4.93. The van der Waals surface area contributed by atoms with Crippen LogP contribution in [0, 0.1) is 6.92 Å². The van der Waals surface area contributed by atoms with Crippen molar-refractivity contribution in [3.05, 3.63) is 57.6 Å². The molecule has 0 unspecified atom stereocenters. The summed E-state index contributed by atoms with van der Waals surface area (Å²) >= 11 is 3.32. The second kappa shape index (κ2) is 7.89. The van der Waals surface area contributed by atoms with E-state index in [1.807, 2.05) is 26.0 Å².